The van der Waals surface area contributed by atoms with E-state index in [0.717, 1.165) is 4.88 Å². The smallest absolute Gasteiger partial charge is 0.252 e. The highest BCUT2D eigenvalue weighted by Crippen LogP contribution is 2.35. The Morgan fingerprint density at radius 1 is 1.55 bits per heavy atom. The van der Waals surface area contributed by atoms with Crippen molar-refractivity contribution in [1.29, 1.82) is 0 Å². The van der Waals surface area contributed by atoms with Gasteiger partial charge in [0.25, 0.3) is 10.0 Å². The van der Waals surface area contributed by atoms with E-state index in [4.69, 9.17) is 5.73 Å². The molecule has 0 radical (unpaired) electrons. The topological polar surface area (TPSA) is 92.5 Å². The van der Waals surface area contributed by atoms with E-state index >= 15 is 0 Å². The fourth-order valence-corrected chi connectivity index (χ4v) is 5.30. The standard InChI is InChI=1S/C12H19N3O3S2/c1-12(11(16)14-2)5-6-15(8-12)20(17,18)10-4-3-9(7-13)19-10/h3-4H,5-8,13H2,1-2H3,(H,14,16). The molecule has 0 saturated carbocycles. The van der Waals surface area contributed by atoms with E-state index in [1.807, 2.05) is 0 Å². The Bertz CT molecular complexity index is 611. The maximum Gasteiger partial charge on any atom is 0.252 e. The molecule has 0 aromatic carbocycles. The summed E-state index contributed by atoms with van der Waals surface area (Å²) in [6, 6.07) is 3.31. The molecule has 6 nitrogen and oxygen atoms in total. The molecule has 2 rings (SSSR count). The molecule has 8 heteroatoms. The zero-order chi connectivity index (χ0) is 15.0. The minimum absolute atomic E-state index is 0.121. The van der Waals surface area contributed by atoms with Gasteiger partial charge >= 0.3 is 0 Å². The molecule has 1 aromatic heterocycles. The van der Waals surface area contributed by atoms with Crippen LogP contribution < -0.4 is 11.1 Å². The summed E-state index contributed by atoms with van der Waals surface area (Å²) >= 11 is 1.19. The zero-order valence-electron chi connectivity index (χ0n) is 11.5. The Balaban J connectivity index is 2.22. The highest BCUT2D eigenvalue weighted by Gasteiger charge is 2.44. The quantitative estimate of drug-likeness (QED) is 0.838. The first-order chi connectivity index (χ1) is 9.33. The van der Waals surface area contributed by atoms with Crippen molar-refractivity contribution < 1.29 is 13.2 Å². The van der Waals surface area contributed by atoms with Crippen molar-refractivity contribution in [2.24, 2.45) is 11.1 Å². The fraction of sp³-hybridized carbons (Fsp3) is 0.583. The molecule has 112 valence electrons. The highest BCUT2D eigenvalue weighted by atomic mass is 32.2. The van der Waals surface area contributed by atoms with Crippen molar-refractivity contribution in [3.8, 4) is 0 Å². The van der Waals surface area contributed by atoms with E-state index in [2.05, 4.69) is 5.32 Å². The van der Waals surface area contributed by atoms with E-state index in [0.29, 0.717) is 23.7 Å². The molecule has 1 aliphatic heterocycles. The van der Waals surface area contributed by atoms with Crippen LogP contribution in [-0.2, 0) is 21.4 Å². The summed E-state index contributed by atoms with van der Waals surface area (Å²) in [5.41, 5.74) is 4.85. The number of hydrogen-bond donors (Lipinski definition) is 2. The maximum absolute atomic E-state index is 12.5. The second-order valence-electron chi connectivity index (χ2n) is 5.15. The maximum atomic E-state index is 12.5. The Morgan fingerprint density at radius 2 is 2.25 bits per heavy atom. The van der Waals surface area contributed by atoms with Gasteiger partial charge in [-0.15, -0.1) is 11.3 Å². The van der Waals surface area contributed by atoms with Gasteiger partial charge in [-0.05, 0) is 25.5 Å². The van der Waals surface area contributed by atoms with Crippen LogP contribution in [0.5, 0.6) is 0 Å². The highest BCUT2D eigenvalue weighted by molar-refractivity contribution is 7.91. The summed E-state index contributed by atoms with van der Waals surface area (Å²) in [7, 11) is -1.96. The Hall–Kier alpha value is -0.960. The summed E-state index contributed by atoms with van der Waals surface area (Å²) in [6.45, 7) is 2.70. The van der Waals surface area contributed by atoms with Crippen molar-refractivity contribution in [3.63, 3.8) is 0 Å². The largest absolute Gasteiger partial charge is 0.359 e. The van der Waals surface area contributed by atoms with Crippen molar-refractivity contribution in [1.82, 2.24) is 9.62 Å². The number of carbonyl (C=O) groups is 1. The molecule has 0 aliphatic carbocycles. The van der Waals surface area contributed by atoms with Crippen LogP contribution in [0.1, 0.15) is 18.2 Å². The number of nitrogens with zero attached hydrogens (tertiary/aromatic N) is 1. The minimum Gasteiger partial charge on any atom is -0.359 e. The van der Waals surface area contributed by atoms with Gasteiger partial charge in [0.05, 0.1) is 5.41 Å². The minimum atomic E-state index is -3.52. The van der Waals surface area contributed by atoms with E-state index < -0.39 is 15.4 Å². The molecule has 1 aromatic rings. The number of nitrogens with two attached hydrogens (primary N) is 1. The lowest BCUT2D eigenvalue weighted by molar-refractivity contribution is -0.128. The van der Waals surface area contributed by atoms with E-state index in [9.17, 15) is 13.2 Å². The third-order valence-corrected chi connectivity index (χ3v) is 7.07. The zero-order valence-corrected chi connectivity index (χ0v) is 13.2. The molecule has 2 heterocycles. The van der Waals surface area contributed by atoms with Crippen LogP contribution in [0.2, 0.25) is 0 Å². The van der Waals surface area contributed by atoms with Crippen molar-refractivity contribution in [3.05, 3.63) is 17.0 Å². The lowest BCUT2D eigenvalue weighted by Crippen LogP contribution is -2.40. The molecule has 1 aliphatic rings. The average Bonchev–Trinajstić information content (AvgIpc) is 3.05. The normalized spacial score (nSPS) is 23.9. The summed E-state index contributed by atoms with van der Waals surface area (Å²) < 4.78 is 26.7. The van der Waals surface area contributed by atoms with Crippen LogP contribution in [0, 0.1) is 5.41 Å². The summed E-state index contributed by atoms with van der Waals surface area (Å²) in [4.78, 5) is 12.7. The monoisotopic (exact) mass is 317 g/mol. The molecule has 20 heavy (non-hydrogen) atoms. The second kappa shape index (κ2) is 5.44. The number of carbonyl (C=O) groups excluding carboxylic acids is 1. The molecular weight excluding hydrogens is 298 g/mol. The molecule has 1 amide bonds. The van der Waals surface area contributed by atoms with Gasteiger partial charge in [-0.2, -0.15) is 4.31 Å². The van der Waals surface area contributed by atoms with Crippen molar-refractivity contribution in [2.45, 2.75) is 24.1 Å². The lowest BCUT2D eigenvalue weighted by atomic mass is 9.89. The van der Waals surface area contributed by atoms with Gasteiger partial charge in [-0.1, -0.05) is 0 Å². The number of sulfonamides is 1. The van der Waals surface area contributed by atoms with Crippen molar-refractivity contribution >= 4 is 27.3 Å². The van der Waals surface area contributed by atoms with Gasteiger partial charge < -0.3 is 11.1 Å². The number of amides is 1. The van der Waals surface area contributed by atoms with Crippen LogP contribution in [0.4, 0.5) is 0 Å². The summed E-state index contributed by atoms with van der Waals surface area (Å²) in [5.74, 6) is -0.121. The number of nitrogens with one attached hydrogen (secondary N) is 1. The van der Waals surface area contributed by atoms with Crippen molar-refractivity contribution in [2.75, 3.05) is 20.1 Å². The molecular formula is C12H19N3O3S2. The Morgan fingerprint density at radius 3 is 2.80 bits per heavy atom. The SMILES string of the molecule is CNC(=O)C1(C)CCN(S(=O)(=O)c2ccc(CN)s2)C1. The van der Waals surface area contributed by atoms with Gasteiger partial charge in [-0.3, -0.25) is 4.79 Å². The molecule has 0 bridgehead atoms. The third-order valence-electron chi connectivity index (χ3n) is 3.65. The number of rotatable bonds is 4. The number of thiophene rings is 1. The first-order valence-corrected chi connectivity index (χ1v) is 8.60. The van der Waals surface area contributed by atoms with Crippen LogP contribution in [0.3, 0.4) is 0 Å². The van der Waals surface area contributed by atoms with Gasteiger partial charge in [0.2, 0.25) is 5.91 Å². The van der Waals surface area contributed by atoms with Crippen LogP contribution in [0.15, 0.2) is 16.3 Å². The van der Waals surface area contributed by atoms with Crippen LogP contribution in [0.25, 0.3) is 0 Å². The van der Waals surface area contributed by atoms with Gasteiger partial charge in [0.1, 0.15) is 4.21 Å². The Kier molecular flexibility index (Phi) is 4.19. The van der Waals surface area contributed by atoms with Crippen LogP contribution >= 0.6 is 11.3 Å². The summed E-state index contributed by atoms with van der Waals surface area (Å²) in [5, 5.41) is 2.60. The first kappa shape index (κ1) is 15.4. The molecule has 3 N–H and O–H groups in total. The predicted octanol–water partition coefficient (Wildman–Crippen LogP) is 0.354. The molecule has 0 spiro atoms. The van der Waals surface area contributed by atoms with E-state index in [1.165, 1.54) is 15.6 Å². The fourth-order valence-electron chi connectivity index (χ4n) is 2.34. The Labute approximate surface area is 123 Å². The summed E-state index contributed by atoms with van der Waals surface area (Å²) in [6.07, 6.45) is 0.529. The third kappa shape index (κ3) is 2.60. The molecule has 1 unspecified atom stereocenters. The molecule has 1 saturated heterocycles. The number of hydrogen-bond acceptors (Lipinski definition) is 5. The second-order valence-corrected chi connectivity index (χ2v) is 8.49. The molecule has 1 atom stereocenters. The van der Waals surface area contributed by atoms with Gasteiger partial charge in [-0.25, -0.2) is 8.42 Å². The van der Waals surface area contributed by atoms with E-state index in [-0.39, 0.29) is 12.5 Å². The van der Waals surface area contributed by atoms with Crippen LogP contribution in [-0.4, -0.2) is 38.8 Å². The predicted molar refractivity (Wildman–Crippen MR) is 77.8 cm³/mol. The average molecular weight is 317 g/mol. The molecule has 1 fully saturated rings. The lowest BCUT2D eigenvalue weighted by Gasteiger charge is -2.22. The van der Waals surface area contributed by atoms with Gasteiger partial charge in [0, 0.05) is 31.6 Å². The first-order valence-electron chi connectivity index (χ1n) is 6.34. The van der Waals surface area contributed by atoms with Gasteiger partial charge in [0.15, 0.2) is 0 Å². The van der Waals surface area contributed by atoms with E-state index in [1.54, 1.807) is 26.1 Å².